The van der Waals surface area contributed by atoms with Gasteiger partial charge in [-0.15, -0.1) is 11.3 Å². The third-order valence-corrected chi connectivity index (χ3v) is 4.57. The van der Waals surface area contributed by atoms with Gasteiger partial charge in [-0.2, -0.15) is 0 Å². The van der Waals surface area contributed by atoms with E-state index in [1.807, 2.05) is 24.4 Å². The van der Waals surface area contributed by atoms with Gasteiger partial charge < -0.3 is 4.80 Å². The molecule has 0 amide bonds. The summed E-state index contributed by atoms with van der Waals surface area (Å²) in [5.74, 6) is 0.616. The molecule has 1 aromatic heterocycles. The second-order valence-electron chi connectivity index (χ2n) is 4.41. The standard InChI is InChI=1S/C10H18OSSi/c1-9(8-13(2,3)11)7-10-5-4-6-12-10/h4-6,9,11H,7-8H2,1-3H3. The molecule has 1 unspecified atom stereocenters. The second kappa shape index (κ2) is 4.40. The molecule has 74 valence electrons. The van der Waals surface area contributed by atoms with Crippen molar-refractivity contribution >= 4 is 19.7 Å². The van der Waals surface area contributed by atoms with E-state index in [0.29, 0.717) is 5.92 Å². The molecule has 1 rings (SSSR count). The third-order valence-electron chi connectivity index (χ3n) is 1.98. The predicted molar refractivity (Wildman–Crippen MR) is 61.7 cm³/mol. The topological polar surface area (TPSA) is 20.2 Å². The van der Waals surface area contributed by atoms with Crippen molar-refractivity contribution in [2.24, 2.45) is 5.92 Å². The molecule has 1 heterocycles. The van der Waals surface area contributed by atoms with Crippen LogP contribution in [0, 0.1) is 5.92 Å². The number of rotatable bonds is 4. The van der Waals surface area contributed by atoms with Crippen LogP contribution in [0.3, 0.4) is 0 Å². The molecule has 0 aliphatic carbocycles. The van der Waals surface area contributed by atoms with E-state index in [9.17, 15) is 4.80 Å². The minimum Gasteiger partial charge on any atom is -0.432 e. The van der Waals surface area contributed by atoms with E-state index in [0.717, 1.165) is 12.5 Å². The van der Waals surface area contributed by atoms with Crippen LogP contribution in [-0.2, 0) is 6.42 Å². The fourth-order valence-corrected chi connectivity index (χ4v) is 4.42. The molecule has 0 saturated carbocycles. The molecule has 0 saturated heterocycles. The monoisotopic (exact) mass is 214 g/mol. The molecule has 1 nitrogen and oxygen atoms in total. The molecule has 0 spiro atoms. The van der Waals surface area contributed by atoms with Gasteiger partial charge in [-0.1, -0.05) is 13.0 Å². The van der Waals surface area contributed by atoms with Crippen molar-refractivity contribution in [1.29, 1.82) is 0 Å². The highest BCUT2D eigenvalue weighted by atomic mass is 32.1. The molecule has 0 bridgehead atoms. The Morgan fingerprint density at radius 1 is 1.54 bits per heavy atom. The van der Waals surface area contributed by atoms with Crippen LogP contribution in [-0.4, -0.2) is 13.1 Å². The maximum atomic E-state index is 9.76. The maximum Gasteiger partial charge on any atom is 0.182 e. The zero-order valence-electron chi connectivity index (χ0n) is 8.58. The summed E-state index contributed by atoms with van der Waals surface area (Å²) in [5.41, 5.74) is 0. The molecule has 13 heavy (non-hydrogen) atoms. The highest BCUT2D eigenvalue weighted by Gasteiger charge is 2.20. The zero-order valence-corrected chi connectivity index (χ0v) is 10.4. The smallest absolute Gasteiger partial charge is 0.182 e. The minimum atomic E-state index is -1.85. The van der Waals surface area contributed by atoms with Gasteiger partial charge >= 0.3 is 0 Å². The lowest BCUT2D eigenvalue weighted by Crippen LogP contribution is -2.27. The number of hydrogen-bond acceptors (Lipinski definition) is 2. The lowest BCUT2D eigenvalue weighted by Gasteiger charge is -2.18. The molecule has 1 atom stereocenters. The van der Waals surface area contributed by atoms with Gasteiger partial charge in [0.15, 0.2) is 8.32 Å². The van der Waals surface area contributed by atoms with Gasteiger partial charge in [0.25, 0.3) is 0 Å². The molecule has 0 aliphatic rings. The Labute approximate surface area is 85.6 Å². The Bertz CT molecular complexity index is 238. The Morgan fingerprint density at radius 2 is 2.23 bits per heavy atom. The maximum absolute atomic E-state index is 9.76. The third kappa shape index (κ3) is 4.60. The molecule has 0 radical (unpaired) electrons. The van der Waals surface area contributed by atoms with Gasteiger partial charge in [0.1, 0.15) is 0 Å². The van der Waals surface area contributed by atoms with Crippen LogP contribution in [0.4, 0.5) is 0 Å². The van der Waals surface area contributed by atoms with Crippen molar-refractivity contribution in [3.63, 3.8) is 0 Å². The van der Waals surface area contributed by atoms with Crippen LogP contribution in [0.25, 0.3) is 0 Å². The van der Waals surface area contributed by atoms with Gasteiger partial charge in [0.05, 0.1) is 0 Å². The number of thiophene rings is 1. The molecular formula is C10H18OSSi. The fourth-order valence-electron chi connectivity index (χ4n) is 1.70. The van der Waals surface area contributed by atoms with Gasteiger partial charge in [-0.05, 0) is 42.9 Å². The van der Waals surface area contributed by atoms with Gasteiger partial charge in [-0.3, -0.25) is 0 Å². The van der Waals surface area contributed by atoms with Crippen LogP contribution < -0.4 is 0 Å². The van der Waals surface area contributed by atoms with E-state index >= 15 is 0 Å². The summed E-state index contributed by atoms with van der Waals surface area (Å²) in [5, 5.41) is 2.11. The van der Waals surface area contributed by atoms with E-state index in [1.54, 1.807) is 0 Å². The molecule has 0 fully saturated rings. The van der Waals surface area contributed by atoms with Crippen LogP contribution in [0.2, 0.25) is 19.1 Å². The Balaban J connectivity index is 2.38. The van der Waals surface area contributed by atoms with E-state index in [4.69, 9.17) is 0 Å². The highest BCUT2D eigenvalue weighted by molar-refractivity contribution is 7.09. The average Bonchev–Trinajstić information content (AvgIpc) is 2.34. The summed E-state index contributed by atoms with van der Waals surface area (Å²) >= 11 is 1.81. The zero-order chi connectivity index (χ0) is 9.90. The van der Waals surface area contributed by atoms with Crippen LogP contribution in [0.1, 0.15) is 11.8 Å². The van der Waals surface area contributed by atoms with Gasteiger partial charge in [-0.25, -0.2) is 0 Å². The molecule has 1 N–H and O–H groups in total. The number of hydrogen-bond donors (Lipinski definition) is 1. The van der Waals surface area contributed by atoms with Gasteiger partial charge in [0, 0.05) is 4.88 Å². The summed E-state index contributed by atoms with van der Waals surface area (Å²) < 4.78 is 0. The predicted octanol–water partition coefficient (Wildman–Crippen LogP) is 3.12. The quantitative estimate of drug-likeness (QED) is 0.764. The van der Waals surface area contributed by atoms with Crippen molar-refractivity contribution in [2.75, 3.05) is 0 Å². The van der Waals surface area contributed by atoms with E-state index in [-0.39, 0.29) is 0 Å². The Morgan fingerprint density at radius 3 is 2.69 bits per heavy atom. The lowest BCUT2D eigenvalue weighted by molar-refractivity contribution is 0.515. The van der Waals surface area contributed by atoms with E-state index < -0.39 is 8.32 Å². The van der Waals surface area contributed by atoms with Crippen LogP contribution in [0.5, 0.6) is 0 Å². The van der Waals surface area contributed by atoms with Crippen molar-refractivity contribution in [1.82, 2.24) is 0 Å². The largest absolute Gasteiger partial charge is 0.432 e. The summed E-state index contributed by atoms with van der Waals surface area (Å²) in [4.78, 5) is 11.2. The molecule has 0 aliphatic heterocycles. The first-order valence-electron chi connectivity index (χ1n) is 4.72. The molecule has 0 aromatic carbocycles. The van der Waals surface area contributed by atoms with Crippen molar-refractivity contribution in [2.45, 2.75) is 32.5 Å². The minimum absolute atomic E-state index is 0.616. The van der Waals surface area contributed by atoms with E-state index in [2.05, 4.69) is 24.4 Å². The lowest BCUT2D eigenvalue weighted by atomic mass is 10.1. The van der Waals surface area contributed by atoms with Crippen LogP contribution >= 0.6 is 11.3 Å². The Kier molecular flexibility index (Phi) is 3.70. The average molecular weight is 214 g/mol. The normalized spacial score (nSPS) is 14.5. The molecule has 3 heteroatoms. The first-order valence-corrected chi connectivity index (χ1v) is 8.75. The van der Waals surface area contributed by atoms with Gasteiger partial charge in [0.2, 0.25) is 0 Å². The molecule has 1 aromatic rings. The first kappa shape index (κ1) is 11.0. The van der Waals surface area contributed by atoms with Crippen molar-refractivity contribution in [3.8, 4) is 0 Å². The summed E-state index contributed by atoms with van der Waals surface area (Å²) in [6.07, 6.45) is 1.12. The summed E-state index contributed by atoms with van der Waals surface area (Å²) in [6, 6.07) is 5.27. The summed E-state index contributed by atoms with van der Waals surface area (Å²) in [7, 11) is -1.85. The van der Waals surface area contributed by atoms with Crippen LogP contribution in [0.15, 0.2) is 17.5 Å². The summed E-state index contributed by atoms with van der Waals surface area (Å²) in [6.45, 7) is 6.25. The SMILES string of the molecule is CC(Cc1cccs1)C[Si](C)(C)O. The molecular weight excluding hydrogens is 196 g/mol. The highest BCUT2D eigenvalue weighted by Crippen LogP contribution is 2.20. The Hall–Kier alpha value is -0.123. The van der Waals surface area contributed by atoms with Crippen molar-refractivity contribution < 1.29 is 4.80 Å². The van der Waals surface area contributed by atoms with E-state index in [1.165, 1.54) is 4.88 Å². The first-order chi connectivity index (χ1) is 5.97. The second-order valence-corrected chi connectivity index (χ2v) is 9.47. The van der Waals surface area contributed by atoms with Crippen molar-refractivity contribution in [3.05, 3.63) is 22.4 Å². The fraction of sp³-hybridized carbons (Fsp3) is 0.600.